The second kappa shape index (κ2) is 7.42. The molecule has 2 aromatic rings. The molecule has 0 fully saturated rings. The van der Waals surface area contributed by atoms with Crippen molar-refractivity contribution in [3.8, 4) is 10.6 Å². The number of nitrogens with one attached hydrogen (secondary N) is 3. The number of ether oxygens (including phenoxy) is 1. The first kappa shape index (κ1) is 16.5. The number of carbonyl (C=O) groups is 1. The van der Waals surface area contributed by atoms with Crippen LogP contribution in [0.25, 0.3) is 10.6 Å². The second-order valence-corrected chi connectivity index (χ2v) is 6.80. The van der Waals surface area contributed by atoms with E-state index in [0.717, 1.165) is 11.3 Å². The van der Waals surface area contributed by atoms with E-state index in [1.807, 2.05) is 38.4 Å². The first-order chi connectivity index (χ1) is 10.5. The highest BCUT2D eigenvalue weighted by Crippen LogP contribution is 2.25. The Labute approximate surface area is 134 Å². The van der Waals surface area contributed by atoms with Crippen LogP contribution in [0.3, 0.4) is 0 Å². The summed E-state index contributed by atoms with van der Waals surface area (Å²) in [5, 5.41) is 15.2. The van der Waals surface area contributed by atoms with Crippen LogP contribution < -0.4 is 10.6 Å². The molecule has 2 heterocycles. The van der Waals surface area contributed by atoms with Crippen molar-refractivity contribution in [2.75, 3.05) is 13.1 Å². The van der Waals surface area contributed by atoms with E-state index in [9.17, 15) is 4.79 Å². The highest BCUT2D eigenvalue weighted by Gasteiger charge is 2.15. The van der Waals surface area contributed by atoms with E-state index in [1.165, 1.54) is 4.88 Å². The number of nitrogens with zero attached hydrogens (tertiary/aromatic N) is 1. The molecule has 7 heteroatoms. The van der Waals surface area contributed by atoms with Crippen molar-refractivity contribution in [1.29, 1.82) is 0 Å². The van der Waals surface area contributed by atoms with Crippen LogP contribution in [-0.2, 0) is 11.3 Å². The minimum Gasteiger partial charge on any atom is -0.444 e. The highest BCUT2D eigenvalue weighted by molar-refractivity contribution is 7.13. The molecule has 1 amide bonds. The fourth-order valence-corrected chi connectivity index (χ4v) is 2.62. The predicted molar refractivity (Wildman–Crippen MR) is 87.8 cm³/mol. The summed E-state index contributed by atoms with van der Waals surface area (Å²) < 4.78 is 5.17. The van der Waals surface area contributed by atoms with Gasteiger partial charge in [0, 0.05) is 25.2 Å². The van der Waals surface area contributed by atoms with Crippen molar-refractivity contribution < 1.29 is 9.53 Å². The van der Waals surface area contributed by atoms with Crippen LogP contribution in [0.5, 0.6) is 0 Å². The highest BCUT2D eigenvalue weighted by atomic mass is 32.1. The lowest BCUT2D eigenvalue weighted by atomic mass is 10.2. The molecule has 2 rings (SSSR count). The van der Waals surface area contributed by atoms with Gasteiger partial charge in [0.1, 0.15) is 5.60 Å². The lowest BCUT2D eigenvalue weighted by Crippen LogP contribution is -2.36. The van der Waals surface area contributed by atoms with Crippen molar-refractivity contribution in [1.82, 2.24) is 20.8 Å². The summed E-state index contributed by atoms with van der Waals surface area (Å²) in [6, 6.07) is 4.08. The maximum absolute atomic E-state index is 11.5. The van der Waals surface area contributed by atoms with Gasteiger partial charge in [-0.1, -0.05) is 6.07 Å². The van der Waals surface area contributed by atoms with E-state index in [-0.39, 0.29) is 0 Å². The molecule has 6 nitrogen and oxygen atoms in total. The summed E-state index contributed by atoms with van der Waals surface area (Å²) in [6.45, 7) is 7.40. The van der Waals surface area contributed by atoms with Crippen molar-refractivity contribution >= 4 is 17.4 Å². The molecular formula is C15H22N4O2S. The normalized spacial score (nSPS) is 11.4. The minimum atomic E-state index is -0.468. The van der Waals surface area contributed by atoms with Gasteiger partial charge in [-0.05, 0) is 32.2 Å². The van der Waals surface area contributed by atoms with E-state index < -0.39 is 11.7 Å². The molecule has 0 aliphatic rings. The number of carbonyl (C=O) groups excluding carboxylic acids is 1. The van der Waals surface area contributed by atoms with Crippen LogP contribution in [0, 0.1) is 0 Å². The largest absolute Gasteiger partial charge is 0.444 e. The lowest BCUT2D eigenvalue weighted by Gasteiger charge is -2.19. The summed E-state index contributed by atoms with van der Waals surface area (Å²) in [7, 11) is 0. The molecule has 3 N–H and O–H groups in total. The zero-order valence-corrected chi connectivity index (χ0v) is 13.9. The summed E-state index contributed by atoms with van der Waals surface area (Å²) in [6.07, 6.45) is 1.43. The van der Waals surface area contributed by atoms with Gasteiger partial charge in [-0.15, -0.1) is 11.3 Å². The predicted octanol–water partition coefficient (Wildman–Crippen LogP) is 2.75. The molecule has 22 heavy (non-hydrogen) atoms. The average Bonchev–Trinajstić information content (AvgIpc) is 3.06. The van der Waals surface area contributed by atoms with Gasteiger partial charge in [0.05, 0.1) is 16.8 Å². The Balaban J connectivity index is 1.70. The first-order valence-electron chi connectivity index (χ1n) is 7.19. The molecule has 2 aromatic heterocycles. The number of amides is 1. The Morgan fingerprint density at radius 2 is 2.23 bits per heavy atom. The van der Waals surface area contributed by atoms with Gasteiger partial charge in [-0.25, -0.2) is 4.79 Å². The standard InChI is InChI=1S/C15H22N4O2S/c1-15(2,3)21-14(20)17-7-6-16-9-11-10-18-19-13(11)12-5-4-8-22-12/h4-5,8,10,16H,6-7,9H2,1-3H3,(H,17,20)(H,18,19). The molecule has 0 aliphatic carbocycles. The van der Waals surface area contributed by atoms with E-state index >= 15 is 0 Å². The van der Waals surface area contributed by atoms with Crippen molar-refractivity contribution in [3.63, 3.8) is 0 Å². The maximum Gasteiger partial charge on any atom is 0.407 e. The zero-order chi connectivity index (χ0) is 16.0. The van der Waals surface area contributed by atoms with E-state index in [2.05, 4.69) is 26.9 Å². The zero-order valence-electron chi connectivity index (χ0n) is 13.1. The molecule has 0 spiro atoms. The first-order valence-corrected chi connectivity index (χ1v) is 8.07. The van der Waals surface area contributed by atoms with E-state index in [0.29, 0.717) is 19.6 Å². The summed E-state index contributed by atoms with van der Waals surface area (Å²) >= 11 is 1.68. The van der Waals surface area contributed by atoms with Crippen LogP contribution in [0.15, 0.2) is 23.7 Å². The third-order valence-electron chi connectivity index (χ3n) is 2.77. The molecule has 0 saturated heterocycles. The summed E-state index contributed by atoms with van der Waals surface area (Å²) in [5.41, 5.74) is 1.69. The number of aromatic amines is 1. The van der Waals surface area contributed by atoms with Gasteiger partial charge >= 0.3 is 6.09 Å². The minimum absolute atomic E-state index is 0.392. The average molecular weight is 322 g/mol. The van der Waals surface area contributed by atoms with Crippen LogP contribution >= 0.6 is 11.3 Å². The third-order valence-corrected chi connectivity index (χ3v) is 3.66. The van der Waals surface area contributed by atoms with Crippen LogP contribution in [-0.4, -0.2) is 35.0 Å². The van der Waals surface area contributed by atoms with Crippen molar-refractivity contribution in [2.45, 2.75) is 32.9 Å². The smallest absolute Gasteiger partial charge is 0.407 e. The number of hydrogen-bond donors (Lipinski definition) is 3. The number of H-pyrrole nitrogens is 1. The third kappa shape index (κ3) is 5.16. The van der Waals surface area contributed by atoms with Gasteiger partial charge in [-0.3, -0.25) is 5.10 Å². The van der Waals surface area contributed by atoms with Crippen molar-refractivity contribution in [3.05, 3.63) is 29.3 Å². The second-order valence-electron chi connectivity index (χ2n) is 5.85. The fraction of sp³-hybridized carbons (Fsp3) is 0.467. The number of thiophene rings is 1. The Hall–Kier alpha value is -1.86. The van der Waals surface area contributed by atoms with Crippen molar-refractivity contribution in [2.24, 2.45) is 0 Å². The topological polar surface area (TPSA) is 79.0 Å². The van der Waals surface area contributed by atoms with Gasteiger partial charge in [-0.2, -0.15) is 5.10 Å². The summed E-state index contributed by atoms with van der Waals surface area (Å²) in [5.74, 6) is 0. The fourth-order valence-electron chi connectivity index (χ4n) is 1.87. The molecule has 0 saturated carbocycles. The van der Waals surface area contributed by atoms with E-state index in [4.69, 9.17) is 4.74 Å². The lowest BCUT2D eigenvalue weighted by molar-refractivity contribution is 0.0528. The quantitative estimate of drug-likeness (QED) is 0.715. The Morgan fingerprint density at radius 3 is 2.91 bits per heavy atom. The molecule has 0 unspecified atom stereocenters. The van der Waals surface area contributed by atoms with Gasteiger partial charge in [0.2, 0.25) is 0 Å². The number of alkyl carbamates (subject to hydrolysis) is 1. The molecule has 0 aliphatic heterocycles. The van der Waals surface area contributed by atoms with Gasteiger partial charge in [0.25, 0.3) is 0 Å². The molecule has 0 bridgehead atoms. The SMILES string of the molecule is CC(C)(C)OC(=O)NCCNCc1cn[nH]c1-c1cccs1. The van der Waals surface area contributed by atoms with Crippen LogP contribution in [0.2, 0.25) is 0 Å². The maximum atomic E-state index is 11.5. The monoisotopic (exact) mass is 322 g/mol. The molecule has 120 valence electrons. The number of rotatable bonds is 6. The molecule has 0 radical (unpaired) electrons. The summed E-state index contributed by atoms with van der Waals surface area (Å²) in [4.78, 5) is 12.7. The van der Waals surface area contributed by atoms with Gasteiger partial charge in [0.15, 0.2) is 0 Å². The Kier molecular flexibility index (Phi) is 5.57. The van der Waals surface area contributed by atoms with Crippen LogP contribution in [0.4, 0.5) is 4.79 Å². The van der Waals surface area contributed by atoms with E-state index in [1.54, 1.807) is 11.3 Å². The Bertz CT molecular complexity index is 587. The van der Waals surface area contributed by atoms with Crippen LogP contribution in [0.1, 0.15) is 26.3 Å². The molecular weight excluding hydrogens is 300 g/mol. The number of aromatic nitrogens is 2. The van der Waals surface area contributed by atoms with Gasteiger partial charge < -0.3 is 15.4 Å². The Morgan fingerprint density at radius 1 is 1.41 bits per heavy atom. The molecule has 0 aromatic carbocycles. The molecule has 0 atom stereocenters. The number of hydrogen-bond acceptors (Lipinski definition) is 5.